The molecule has 0 atom stereocenters. The monoisotopic (exact) mass is 446 g/mol. The van der Waals surface area contributed by atoms with E-state index in [-0.39, 0.29) is 10.6 Å². The summed E-state index contributed by atoms with van der Waals surface area (Å²) < 4.78 is 65.5. The molecule has 2 aromatic carbocycles. The van der Waals surface area contributed by atoms with Gasteiger partial charge < -0.3 is 10.4 Å². The molecule has 0 radical (unpaired) electrons. The van der Waals surface area contributed by atoms with Crippen molar-refractivity contribution in [3.8, 4) is 11.8 Å². The van der Waals surface area contributed by atoms with Gasteiger partial charge in [-0.3, -0.25) is 4.72 Å². The molecule has 12 heteroatoms. The lowest BCUT2D eigenvalue weighted by Crippen LogP contribution is -2.19. The number of aromatic hydroxyl groups is 1. The highest BCUT2D eigenvalue weighted by atomic mass is 32.2. The molecule has 0 aliphatic rings. The molecule has 3 rings (SSSR count). The number of pyridine rings is 1. The van der Waals surface area contributed by atoms with Gasteiger partial charge in [-0.15, -0.1) is 0 Å². The van der Waals surface area contributed by atoms with Gasteiger partial charge in [0.15, 0.2) is 0 Å². The second-order valence-corrected chi connectivity index (χ2v) is 8.17. The lowest BCUT2D eigenvalue weighted by atomic mass is 9.97. The van der Waals surface area contributed by atoms with Gasteiger partial charge in [0.25, 0.3) is 10.0 Å². The number of hydrogen-bond acceptors (Lipinski definition) is 6. The summed E-state index contributed by atoms with van der Waals surface area (Å²) in [6.45, 7) is 0. The molecule has 0 fully saturated rings. The van der Waals surface area contributed by atoms with Crippen LogP contribution in [0.5, 0.6) is 5.75 Å². The van der Waals surface area contributed by atoms with E-state index in [1.807, 2.05) is 6.07 Å². The number of phenols is 1. The third-order valence-electron chi connectivity index (χ3n) is 4.17. The number of aromatic nitrogens is 1. The van der Waals surface area contributed by atoms with Crippen LogP contribution in [0.3, 0.4) is 0 Å². The molecular weight excluding hydrogens is 432 g/mol. The van der Waals surface area contributed by atoms with E-state index in [9.17, 15) is 26.7 Å². The Morgan fingerprint density at radius 3 is 2.45 bits per heavy atom. The van der Waals surface area contributed by atoms with Crippen molar-refractivity contribution in [2.45, 2.75) is 11.1 Å². The summed E-state index contributed by atoms with van der Waals surface area (Å²) in [7, 11) is -2.56. The molecule has 158 valence electrons. The predicted molar refractivity (Wildman–Crippen MR) is 111 cm³/mol. The SMILES string of the molecule is Bc1cc(S(=O)(=O)Nc2ccc(C(F)(F)F)c(O)c2)cnc1Nc1cccc(C#N)c1. The van der Waals surface area contributed by atoms with Crippen LogP contribution < -0.4 is 15.5 Å². The summed E-state index contributed by atoms with van der Waals surface area (Å²) in [4.78, 5) is 3.87. The standard InChI is InChI=1S/C19H14BF3N4O3S/c20-16-8-14(10-25-18(16)26-12-3-1-2-11(6-12)9-24)31(29,30)27-13-4-5-15(17(28)7-13)19(21,22)23/h1-8,10,27-28H,20H2,(H,25,26). The van der Waals surface area contributed by atoms with Crippen LogP contribution in [0, 0.1) is 11.3 Å². The third kappa shape index (κ3) is 5.07. The van der Waals surface area contributed by atoms with E-state index in [0.717, 1.165) is 12.3 Å². The van der Waals surface area contributed by atoms with Gasteiger partial charge in [0, 0.05) is 18.0 Å². The summed E-state index contributed by atoms with van der Waals surface area (Å²) >= 11 is 0. The van der Waals surface area contributed by atoms with Crippen LogP contribution in [-0.2, 0) is 16.2 Å². The van der Waals surface area contributed by atoms with Crippen LogP contribution in [0.4, 0.5) is 30.4 Å². The lowest BCUT2D eigenvalue weighted by Gasteiger charge is -2.13. The van der Waals surface area contributed by atoms with E-state index in [4.69, 9.17) is 5.26 Å². The van der Waals surface area contributed by atoms with Crippen molar-refractivity contribution in [3.05, 3.63) is 65.9 Å². The molecule has 0 saturated heterocycles. The van der Waals surface area contributed by atoms with Gasteiger partial charge in [-0.1, -0.05) is 6.07 Å². The molecule has 0 bridgehead atoms. The van der Waals surface area contributed by atoms with Gasteiger partial charge in [-0.05, 0) is 41.9 Å². The second kappa shape index (κ2) is 8.19. The molecule has 3 N–H and O–H groups in total. The van der Waals surface area contributed by atoms with E-state index >= 15 is 0 Å². The molecule has 31 heavy (non-hydrogen) atoms. The number of rotatable bonds is 5. The zero-order valence-corrected chi connectivity index (χ0v) is 16.7. The van der Waals surface area contributed by atoms with Crippen LogP contribution in [0.25, 0.3) is 0 Å². The number of sulfonamides is 1. The van der Waals surface area contributed by atoms with Crippen molar-refractivity contribution in [1.29, 1.82) is 5.26 Å². The number of benzene rings is 2. The first-order valence-electron chi connectivity index (χ1n) is 8.66. The second-order valence-electron chi connectivity index (χ2n) is 6.49. The Balaban J connectivity index is 1.83. The van der Waals surface area contributed by atoms with Gasteiger partial charge in [-0.25, -0.2) is 13.4 Å². The number of phenolic OH excluding ortho intramolecular Hbond substituents is 1. The topological polar surface area (TPSA) is 115 Å². The minimum Gasteiger partial charge on any atom is -0.507 e. The van der Waals surface area contributed by atoms with Crippen molar-refractivity contribution >= 4 is 40.5 Å². The first kappa shape index (κ1) is 22.0. The predicted octanol–water partition coefficient (Wildman–Crippen LogP) is 2.48. The summed E-state index contributed by atoms with van der Waals surface area (Å²) in [5.41, 5.74) is -0.0162. The minimum absolute atomic E-state index is 0.222. The first-order chi connectivity index (χ1) is 14.5. The summed E-state index contributed by atoms with van der Waals surface area (Å²) in [6.07, 6.45) is -3.69. The van der Waals surface area contributed by atoms with Crippen LogP contribution in [0.15, 0.2) is 59.6 Å². The first-order valence-corrected chi connectivity index (χ1v) is 10.1. The Hall–Kier alpha value is -3.72. The largest absolute Gasteiger partial charge is 0.507 e. The lowest BCUT2D eigenvalue weighted by molar-refractivity contribution is -0.138. The number of nitrogens with one attached hydrogen (secondary N) is 2. The normalized spacial score (nSPS) is 11.5. The Kier molecular flexibility index (Phi) is 5.81. The number of anilines is 3. The zero-order valence-electron chi connectivity index (χ0n) is 15.9. The van der Waals surface area contributed by atoms with E-state index in [1.165, 1.54) is 6.07 Å². The number of nitriles is 1. The number of alkyl halides is 3. The van der Waals surface area contributed by atoms with Crippen molar-refractivity contribution in [2.75, 3.05) is 10.0 Å². The van der Waals surface area contributed by atoms with Crippen LogP contribution in [-0.4, -0.2) is 26.4 Å². The van der Waals surface area contributed by atoms with Gasteiger partial charge >= 0.3 is 6.18 Å². The van der Waals surface area contributed by atoms with E-state index in [2.05, 4.69) is 15.0 Å². The Bertz CT molecular complexity index is 1290. The van der Waals surface area contributed by atoms with E-state index < -0.39 is 27.5 Å². The van der Waals surface area contributed by atoms with Gasteiger partial charge in [0.1, 0.15) is 24.3 Å². The van der Waals surface area contributed by atoms with Crippen molar-refractivity contribution < 1.29 is 26.7 Å². The summed E-state index contributed by atoms with van der Waals surface area (Å²) in [6, 6.07) is 12.1. The highest BCUT2D eigenvalue weighted by Gasteiger charge is 2.34. The van der Waals surface area contributed by atoms with E-state index in [0.29, 0.717) is 34.7 Å². The number of halogens is 3. The molecule has 0 amide bonds. The smallest absolute Gasteiger partial charge is 0.419 e. The summed E-state index contributed by atoms with van der Waals surface area (Å²) in [5, 5.41) is 21.5. The fraction of sp³-hybridized carbons (Fsp3) is 0.0526. The molecule has 7 nitrogen and oxygen atoms in total. The fourth-order valence-electron chi connectivity index (χ4n) is 2.68. The van der Waals surface area contributed by atoms with Gasteiger partial charge in [0.05, 0.1) is 22.9 Å². The van der Waals surface area contributed by atoms with Gasteiger partial charge in [0.2, 0.25) is 0 Å². The van der Waals surface area contributed by atoms with Crippen LogP contribution in [0.2, 0.25) is 0 Å². The third-order valence-corrected chi connectivity index (χ3v) is 5.52. The Morgan fingerprint density at radius 2 is 1.84 bits per heavy atom. The average molecular weight is 446 g/mol. The zero-order chi connectivity index (χ0) is 22.8. The fourth-order valence-corrected chi connectivity index (χ4v) is 3.76. The Labute approximate surface area is 176 Å². The summed E-state index contributed by atoms with van der Waals surface area (Å²) in [5.74, 6) is -0.734. The maximum Gasteiger partial charge on any atom is 0.419 e. The highest BCUT2D eigenvalue weighted by molar-refractivity contribution is 7.92. The van der Waals surface area contributed by atoms with Crippen LogP contribution >= 0.6 is 0 Å². The molecule has 1 heterocycles. The van der Waals surface area contributed by atoms with Crippen molar-refractivity contribution in [3.63, 3.8) is 0 Å². The molecule has 1 aromatic heterocycles. The molecule has 0 unspecified atom stereocenters. The molecule has 0 aliphatic heterocycles. The minimum atomic E-state index is -4.77. The maximum atomic E-state index is 12.7. The quantitative estimate of drug-likeness (QED) is 0.519. The highest BCUT2D eigenvalue weighted by Crippen LogP contribution is 2.37. The molecule has 3 aromatic rings. The molecular formula is C19H14BF3N4O3S. The maximum absolute atomic E-state index is 12.7. The average Bonchev–Trinajstić information content (AvgIpc) is 2.68. The van der Waals surface area contributed by atoms with E-state index in [1.54, 1.807) is 32.1 Å². The molecule has 0 saturated carbocycles. The molecule has 0 aliphatic carbocycles. The van der Waals surface area contributed by atoms with Gasteiger partial charge in [-0.2, -0.15) is 18.4 Å². The Morgan fingerprint density at radius 1 is 1.10 bits per heavy atom. The number of hydrogen-bond donors (Lipinski definition) is 3. The van der Waals surface area contributed by atoms with Crippen molar-refractivity contribution in [2.24, 2.45) is 0 Å². The van der Waals surface area contributed by atoms with Crippen molar-refractivity contribution in [1.82, 2.24) is 4.98 Å². The molecule has 0 spiro atoms. The number of nitrogens with zero attached hydrogens (tertiary/aromatic N) is 2. The van der Waals surface area contributed by atoms with Crippen LogP contribution in [0.1, 0.15) is 11.1 Å².